The maximum absolute atomic E-state index is 12.9. The van der Waals surface area contributed by atoms with Gasteiger partial charge < -0.3 is 10.1 Å². The summed E-state index contributed by atoms with van der Waals surface area (Å²) >= 11 is 0. The van der Waals surface area contributed by atoms with Crippen molar-refractivity contribution in [3.8, 4) is 0 Å². The zero-order chi connectivity index (χ0) is 13.5. The van der Waals surface area contributed by atoms with Gasteiger partial charge in [0.1, 0.15) is 17.1 Å². The molecule has 1 aromatic rings. The minimum Gasteiger partial charge on any atom is -0.450 e. The van der Waals surface area contributed by atoms with Gasteiger partial charge in [-0.1, -0.05) is 0 Å². The van der Waals surface area contributed by atoms with E-state index in [4.69, 9.17) is 4.74 Å². The molecule has 1 aromatic carbocycles. The number of fused-ring (bicyclic) bond motifs is 1. The highest BCUT2D eigenvalue weighted by molar-refractivity contribution is 5.96. The van der Waals surface area contributed by atoms with Crippen molar-refractivity contribution in [1.82, 2.24) is 0 Å². The number of nitrogens with one attached hydrogen (secondary N) is 1. The van der Waals surface area contributed by atoms with Crippen molar-refractivity contribution in [3.63, 3.8) is 0 Å². The van der Waals surface area contributed by atoms with Crippen LogP contribution in [0.25, 0.3) is 0 Å². The number of benzene rings is 1. The molecule has 1 aliphatic carbocycles. The molecule has 100 valence electrons. The smallest absolute Gasteiger partial charge is 0.355 e. The van der Waals surface area contributed by atoms with Crippen LogP contribution in [0.1, 0.15) is 32.6 Å². The number of rotatable bonds is 2. The Morgan fingerprint density at radius 1 is 1.26 bits per heavy atom. The van der Waals surface area contributed by atoms with Crippen LogP contribution in [0.3, 0.4) is 0 Å². The number of halogens is 1. The molecule has 1 heterocycles. The number of carbonyl (C=O) groups excluding carboxylic acids is 1. The number of carbonyl (C=O) groups is 1. The lowest BCUT2D eigenvalue weighted by Crippen LogP contribution is -2.30. The first-order chi connectivity index (χ1) is 9.08. The quantitative estimate of drug-likeness (QED) is 0.829. The van der Waals surface area contributed by atoms with Gasteiger partial charge in [0.25, 0.3) is 0 Å². The number of ether oxygens (including phenoxy) is 1. The van der Waals surface area contributed by atoms with E-state index in [1.165, 1.54) is 12.1 Å². The van der Waals surface area contributed by atoms with E-state index in [0.717, 1.165) is 31.3 Å². The van der Waals surface area contributed by atoms with Crippen LogP contribution in [0.15, 0.2) is 35.5 Å². The van der Waals surface area contributed by atoms with Gasteiger partial charge in [0.15, 0.2) is 0 Å². The second-order valence-corrected chi connectivity index (χ2v) is 5.31. The zero-order valence-electron chi connectivity index (χ0n) is 10.8. The van der Waals surface area contributed by atoms with Gasteiger partial charge in [0.05, 0.1) is 0 Å². The standard InChI is InChI=1S/C15H16FNO2/c1-15-9-3-2-4-12(15)13(14(18)19-15)17-11-7-5-10(16)6-8-11/h5-8,17H,2-4,9H2,1H3. The lowest BCUT2D eigenvalue weighted by Gasteiger charge is -2.30. The van der Waals surface area contributed by atoms with E-state index >= 15 is 0 Å². The lowest BCUT2D eigenvalue weighted by molar-refractivity contribution is -0.146. The molecule has 4 heteroatoms. The molecule has 0 aromatic heterocycles. The van der Waals surface area contributed by atoms with Gasteiger partial charge in [-0.05, 0) is 56.9 Å². The van der Waals surface area contributed by atoms with Crippen LogP contribution in [0.5, 0.6) is 0 Å². The third kappa shape index (κ3) is 2.11. The Morgan fingerprint density at radius 3 is 2.74 bits per heavy atom. The fourth-order valence-electron chi connectivity index (χ4n) is 2.86. The summed E-state index contributed by atoms with van der Waals surface area (Å²) in [6.45, 7) is 1.97. The van der Waals surface area contributed by atoms with Crippen LogP contribution in [-0.4, -0.2) is 11.6 Å². The molecule has 0 spiro atoms. The van der Waals surface area contributed by atoms with Gasteiger partial charge in [0.2, 0.25) is 0 Å². The van der Waals surface area contributed by atoms with Crippen LogP contribution in [0.4, 0.5) is 10.1 Å². The molecule has 3 rings (SSSR count). The minimum atomic E-state index is -0.447. The summed E-state index contributed by atoms with van der Waals surface area (Å²) < 4.78 is 18.4. The van der Waals surface area contributed by atoms with Crippen LogP contribution in [-0.2, 0) is 9.53 Å². The van der Waals surface area contributed by atoms with E-state index in [0.29, 0.717) is 11.4 Å². The van der Waals surface area contributed by atoms with E-state index in [2.05, 4.69) is 5.32 Å². The van der Waals surface area contributed by atoms with Gasteiger partial charge in [-0.3, -0.25) is 0 Å². The van der Waals surface area contributed by atoms with Crippen molar-refractivity contribution in [2.45, 2.75) is 38.2 Å². The summed E-state index contributed by atoms with van der Waals surface area (Å²) in [7, 11) is 0. The number of hydrogen-bond donors (Lipinski definition) is 1. The second kappa shape index (κ2) is 4.37. The fourth-order valence-corrected chi connectivity index (χ4v) is 2.86. The van der Waals surface area contributed by atoms with E-state index in [9.17, 15) is 9.18 Å². The summed E-state index contributed by atoms with van der Waals surface area (Å²) in [5, 5.41) is 3.08. The third-order valence-electron chi connectivity index (χ3n) is 3.91. The topological polar surface area (TPSA) is 38.3 Å². The largest absolute Gasteiger partial charge is 0.450 e. The normalized spacial score (nSPS) is 26.1. The summed E-state index contributed by atoms with van der Waals surface area (Å²) in [4.78, 5) is 12.0. The third-order valence-corrected chi connectivity index (χ3v) is 3.91. The Morgan fingerprint density at radius 2 is 2.00 bits per heavy atom. The van der Waals surface area contributed by atoms with Crippen LogP contribution in [0.2, 0.25) is 0 Å². The number of hydrogen-bond acceptors (Lipinski definition) is 3. The molecule has 1 saturated carbocycles. The predicted octanol–water partition coefficient (Wildman–Crippen LogP) is 3.38. The number of esters is 1. The maximum atomic E-state index is 12.9. The molecule has 1 aliphatic heterocycles. The van der Waals surface area contributed by atoms with Crippen LogP contribution < -0.4 is 5.32 Å². The van der Waals surface area contributed by atoms with Crippen LogP contribution in [0, 0.1) is 5.82 Å². The molecule has 1 unspecified atom stereocenters. The Balaban J connectivity index is 1.92. The van der Waals surface area contributed by atoms with Crippen molar-refractivity contribution < 1.29 is 13.9 Å². The molecular weight excluding hydrogens is 245 g/mol. The van der Waals surface area contributed by atoms with Gasteiger partial charge in [-0.15, -0.1) is 0 Å². The summed E-state index contributed by atoms with van der Waals surface area (Å²) in [6.07, 6.45) is 3.92. The first-order valence-corrected chi connectivity index (χ1v) is 6.58. The van der Waals surface area contributed by atoms with Gasteiger partial charge in [-0.2, -0.15) is 0 Å². The highest BCUT2D eigenvalue weighted by Gasteiger charge is 2.45. The second-order valence-electron chi connectivity index (χ2n) is 5.31. The maximum Gasteiger partial charge on any atom is 0.355 e. The van der Waals surface area contributed by atoms with Crippen LogP contribution >= 0.6 is 0 Å². The summed E-state index contributed by atoms with van der Waals surface area (Å²) in [5.41, 5.74) is 1.84. The Labute approximate surface area is 111 Å². The molecule has 1 fully saturated rings. The van der Waals surface area contributed by atoms with E-state index < -0.39 is 5.60 Å². The molecule has 1 atom stereocenters. The number of anilines is 1. The Bertz CT molecular complexity index is 550. The first-order valence-electron chi connectivity index (χ1n) is 6.58. The average molecular weight is 261 g/mol. The minimum absolute atomic E-state index is 0.292. The highest BCUT2D eigenvalue weighted by atomic mass is 19.1. The first kappa shape index (κ1) is 12.2. The highest BCUT2D eigenvalue weighted by Crippen LogP contribution is 2.43. The van der Waals surface area contributed by atoms with Crippen molar-refractivity contribution in [2.24, 2.45) is 0 Å². The van der Waals surface area contributed by atoms with Gasteiger partial charge in [-0.25, -0.2) is 9.18 Å². The Kier molecular flexibility index (Phi) is 2.81. The summed E-state index contributed by atoms with van der Waals surface area (Å²) in [5.74, 6) is -0.594. The summed E-state index contributed by atoms with van der Waals surface area (Å²) in [6, 6.07) is 5.98. The molecule has 2 aliphatic rings. The van der Waals surface area contributed by atoms with E-state index in [1.807, 2.05) is 6.92 Å². The van der Waals surface area contributed by atoms with Crippen molar-refractivity contribution >= 4 is 11.7 Å². The molecule has 1 N–H and O–H groups in total. The molecule has 0 radical (unpaired) electrons. The zero-order valence-corrected chi connectivity index (χ0v) is 10.8. The Hall–Kier alpha value is -1.84. The van der Waals surface area contributed by atoms with Gasteiger partial charge in [0, 0.05) is 11.3 Å². The predicted molar refractivity (Wildman–Crippen MR) is 70.0 cm³/mol. The fraction of sp³-hybridized carbons (Fsp3) is 0.400. The lowest BCUT2D eigenvalue weighted by atomic mass is 9.81. The van der Waals surface area contributed by atoms with Crippen molar-refractivity contribution in [1.29, 1.82) is 0 Å². The molecule has 0 bridgehead atoms. The molecule has 0 amide bonds. The van der Waals surface area contributed by atoms with Crippen molar-refractivity contribution in [2.75, 3.05) is 5.32 Å². The average Bonchev–Trinajstić information content (AvgIpc) is 2.63. The molecular formula is C15H16FNO2. The SMILES string of the molecule is CC12CCCCC1=C(Nc1ccc(F)cc1)C(=O)O2. The van der Waals surface area contributed by atoms with E-state index in [1.54, 1.807) is 12.1 Å². The molecule has 19 heavy (non-hydrogen) atoms. The molecule has 3 nitrogen and oxygen atoms in total. The molecule has 0 saturated heterocycles. The van der Waals surface area contributed by atoms with Gasteiger partial charge >= 0.3 is 5.97 Å². The van der Waals surface area contributed by atoms with Crippen molar-refractivity contribution in [3.05, 3.63) is 41.4 Å². The van der Waals surface area contributed by atoms with E-state index in [-0.39, 0.29) is 11.8 Å². The monoisotopic (exact) mass is 261 g/mol.